The van der Waals surface area contributed by atoms with E-state index < -0.39 is 0 Å². The summed E-state index contributed by atoms with van der Waals surface area (Å²) in [6, 6.07) is 0.835. The molecule has 1 N–H and O–H groups in total. The van der Waals surface area contributed by atoms with E-state index in [1.54, 1.807) is 11.3 Å². The van der Waals surface area contributed by atoms with Gasteiger partial charge < -0.3 is 5.32 Å². The topological polar surface area (TPSA) is 28.2 Å². The predicted octanol–water partition coefficient (Wildman–Crippen LogP) is 2.89. The number of aromatic nitrogens is 1. The smallest absolute Gasteiger partial charge is 0.0795 e. The van der Waals surface area contributed by atoms with Crippen LogP contribution in [0.2, 0.25) is 0 Å². The van der Waals surface area contributed by atoms with Crippen molar-refractivity contribution in [2.75, 3.05) is 20.1 Å². The van der Waals surface area contributed by atoms with E-state index in [4.69, 9.17) is 0 Å². The van der Waals surface area contributed by atoms with E-state index in [1.165, 1.54) is 57.3 Å². The first kappa shape index (κ1) is 13.5. The number of thiazole rings is 1. The van der Waals surface area contributed by atoms with Crippen LogP contribution in [-0.4, -0.2) is 36.1 Å². The van der Waals surface area contributed by atoms with Gasteiger partial charge in [-0.05, 0) is 38.1 Å². The molecule has 0 radical (unpaired) electrons. The van der Waals surface area contributed by atoms with Gasteiger partial charge in [-0.15, -0.1) is 11.3 Å². The van der Waals surface area contributed by atoms with Crippen LogP contribution in [0.15, 0.2) is 10.9 Å². The quantitative estimate of drug-likeness (QED) is 0.832. The fraction of sp³-hybridized carbons (Fsp3) is 0.800. The summed E-state index contributed by atoms with van der Waals surface area (Å²) < 4.78 is 0. The van der Waals surface area contributed by atoms with Gasteiger partial charge in [0.05, 0.1) is 11.2 Å². The van der Waals surface area contributed by atoms with Crippen LogP contribution in [0.1, 0.15) is 44.2 Å². The third kappa shape index (κ3) is 3.77. The van der Waals surface area contributed by atoms with Crippen LogP contribution >= 0.6 is 11.3 Å². The molecule has 1 aromatic rings. The molecule has 2 aliphatic rings. The Morgan fingerprint density at radius 3 is 2.84 bits per heavy atom. The van der Waals surface area contributed by atoms with Gasteiger partial charge >= 0.3 is 0 Å². The molecule has 1 heterocycles. The van der Waals surface area contributed by atoms with Crippen LogP contribution in [0.25, 0.3) is 0 Å². The molecule has 0 bridgehead atoms. The van der Waals surface area contributed by atoms with Crippen LogP contribution in [0.5, 0.6) is 0 Å². The number of hydrogen-bond acceptors (Lipinski definition) is 4. The minimum absolute atomic E-state index is 0.521. The van der Waals surface area contributed by atoms with Crippen molar-refractivity contribution in [2.24, 2.45) is 5.41 Å². The third-order valence-corrected chi connectivity index (χ3v) is 5.16. The van der Waals surface area contributed by atoms with Crippen molar-refractivity contribution in [3.05, 3.63) is 16.6 Å². The van der Waals surface area contributed by atoms with Crippen LogP contribution in [-0.2, 0) is 6.54 Å². The summed E-state index contributed by atoms with van der Waals surface area (Å²) in [5.41, 5.74) is 3.67. The average Bonchev–Trinajstić information content (AvgIpc) is 2.87. The second-order valence-corrected chi connectivity index (χ2v) is 7.23. The van der Waals surface area contributed by atoms with E-state index in [2.05, 4.69) is 27.6 Å². The predicted molar refractivity (Wildman–Crippen MR) is 80.4 cm³/mol. The lowest BCUT2D eigenvalue weighted by atomic mass is 9.85. The highest BCUT2D eigenvalue weighted by atomic mass is 32.1. The standard InChI is InChI=1S/C15H25N3S/c1-18(8-14-9-19-12-17-14)11-15(6-2-3-7-15)10-16-13-4-5-13/h9,12-13,16H,2-8,10-11H2,1H3. The molecule has 0 aliphatic heterocycles. The minimum atomic E-state index is 0.521. The average molecular weight is 279 g/mol. The van der Waals surface area contributed by atoms with Crippen LogP contribution in [0.3, 0.4) is 0 Å². The van der Waals surface area contributed by atoms with Crippen LogP contribution in [0.4, 0.5) is 0 Å². The largest absolute Gasteiger partial charge is 0.313 e. The summed E-state index contributed by atoms with van der Waals surface area (Å²) in [6.07, 6.45) is 8.41. The molecule has 0 unspecified atom stereocenters. The van der Waals surface area contributed by atoms with E-state index in [9.17, 15) is 0 Å². The van der Waals surface area contributed by atoms with Crippen molar-refractivity contribution in [3.63, 3.8) is 0 Å². The molecule has 3 rings (SSSR count). The first-order valence-electron chi connectivity index (χ1n) is 7.55. The van der Waals surface area contributed by atoms with Crippen LogP contribution < -0.4 is 5.32 Å². The minimum Gasteiger partial charge on any atom is -0.313 e. The van der Waals surface area contributed by atoms with Gasteiger partial charge in [0.15, 0.2) is 0 Å². The monoisotopic (exact) mass is 279 g/mol. The zero-order valence-corrected chi connectivity index (χ0v) is 12.7. The maximum absolute atomic E-state index is 4.40. The van der Waals surface area contributed by atoms with Crippen molar-refractivity contribution in [1.82, 2.24) is 15.2 Å². The third-order valence-electron chi connectivity index (χ3n) is 4.53. The fourth-order valence-electron chi connectivity index (χ4n) is 3.38. The fourth-order valence-corrected chi connectivity index (χ4v) is 3.93. The van der Waals surface area contributed by atoms with Gasteiger partial charge in [0.25, 0.3) is 0 Å². The summed E-state index contributed by atoms with van der Waals surface area (Å²) in [6.45, 7) is 3.43. The molecule has 106 valence electrons. The lowest BCUT2D eigenvalue weighted by Gasteiger charge is -2.34. The van der Waals surface area contributed by atoms with Gasteiger partial charge in [0.1, 0.15) is 0 Å². The highest BCUT2D eigenvalue weighted by molar-refractivity contribution is 7.07. The highest BCUT2D eigenvalue weighted by Gasteiger charge is 2.36. The lowest BCUT2D eigenvalue weighted by molar-refractivity contribution is 0.166. The number of nitrogens with zero attached hydrogens (tertiary/aromatic N) is 2. The molecule has 2 saturated carbocycles. The van der Waals surface area contributed by atoms with Gasteiger partial charge in [-0.1, -0.05) is 12.8 Å². The second kappa shape index (κ2) is 5.90. The Balaban J connectivity index is 1.53. The van der Waals surface area contributed by atoms with E-state index in [1.807, 2.05) is 5.51 Å². The van der Waals surface area contributed by atoms with Gasteiger partial charge in [-0.2, -0.15) is 0 Å². The first-order chi connectivity index (χ1) is 9.26. The molecule has 0 saturated heterocycles. The molecule has 0 amide bonds. The SMILES string of the molecule is CN(Cc1cscn1)CC1(CNC2CC2)CCCC1. The summed E-state index contributed by atoms with van der Waals surface area (Å²) in [5, 5.41) is 5.93. The lowest BCUT2D eigenvalue weighted by Crippen LogP contribution is -2.41. The van der Waals surface area contributed by atoms with Crippen molar-refractivity contribution in [2.45, 2.75) is 51.1 Å². The van der Waals surface area contributed by atoms with Gasteiger partial charge in [0.2, 0.25) is 0 Å². The Kier molecular flexibility index (Phi) is 4.20. The van der Waals surface area contributed by atoms with Gasteiger partial charge in [-0.3, -0.25) is 4.90 Å². The molecule has 0 spiro atoms. The Labute approximate surface area is 120 Å². The summed E-state index contributed by atoms with van der Waals surface area (Å²) in [7, 11) is 2.25. The molecule has 2 aliphatic carbocycles. The van der Waals surface area contributed by atoms with Crippen molar-refractivity contribution in [1.29, 1.82) is 0 Å². The van der Waals surface area contributed by atoms with E-state index in [0.717, 1.165) is 12.6 Å². The second-order valence-electron chi connectivity index (χ2n) is 6.51. The van der Waals surface area contributed by atoms with Crippen LogP contribution in [0, 0.1) is 5.41 Å². The van der Waals surface area contributed by atoms with Crippen molar-refractivity contribution in [3.8, 4) is 0 Å². The number of rotatable bonds is 7. The Hall–Kier alpha value is -0.450. The summed E-state index contributed by atoms with van der Waals surface area (Å²) in [4.78, 5) is 6.87. The van der Waals surface area contributed by atoms with E-state index in [-0.39, 0.29) is 0 Å². The maximum atomic E-state index is 4.40. The maximum Gasteiger partial charge on any atom is 0.0795 e. The zero-order chi connectivity index (χ0) is 13.1. The summed E-state index contributed by atoms with van der Waals surface area (Å²) >= 11 is 1.70. The molecule has 3 nitrogen and oxygen atoms in total. The molecular formula is C15H25N3S. The molecular weight excluding hydrogens is 254 g/mol. The molecule has 1 aromatic heterocycles. The highest BCUT2D eigenvalue weighted by Crippen LogP contribution is 2.39. The van der Waals surface area contributed by atoms with E-state index in [0.29, 0.717) is 5.41 Å². The summed E-state index contributed by atoms with van der Waals surface area (Å²) in [5.74, 6) is 0. The zero-order valence-electron chi connectivity index (χ0n) is 11.9. The molecule has 2 fully saturated rings. The first-order valence-corrected chi connectivity index (χ1v) is 8.49. The van der Waals surface area contributed by atoms with Crippen molar-refractivity contribution < 1.29 is 0 Å². The number of hydrogen-bond donors (Lipinski definition) is 1. The van der Waals surface area contributed by atoms with Crippen molar-refractivity contribution >= 4 is 11.3 Å². The Morgan fingerprint density at radius 1 is 1.42 bits per heavy atom. The molecule has 0 atom stereocenters. The normalized spacial score (nSPS) is 22.2. The van der Waals surface area contributed by atoms with Gasteiger partial charge in [0, 0.05) is 31.1 Å². The van der Waals surface area contributed by atoms with Gasteiger partial charge in [-0.25, -0.2) is 4.98 Å². The Morgan fingerprint density at radius 2 is 2.21 bits per heavy atom. The molecule has 4 heteroatoms. The molecule has 19 heavy (non-hydrogen) atoms. The molecule has 0 aromatic carbocycles. The van der Waals surface area contributed by atoms with E-state index >= 15 is 0 Å². The Bertz CT molecular complexity index is 380. The number of nitrogens with one attached hydrogen (secondary N) is 1.